The number of halogens is 2. The summed E-state index contributed by atoms with van der Waals surface area (Å²) < 4.78 is 5.36. The number of aryl methyl sites for hydroxylation is 1. The second-order valence-electron chi connectivity index (χ2n) is 5.89. The maximum Gasteiger partial charge on any atom is 0.220 e. The molecule has 0 atom stereocenters. The van der Waals surface area contributed by atoms with Crippen LogP contribution in [-0.2, 0) is 4.79 Å². The Labute approximate surface area is 175 Å². The first kappa shape index (κ1) is 18.7. The minimum Gasteiger partial charge on any atom is -0.359 e. The van der Waals surface area contributed by atoms with Gasteiger partial charge in [-0.25, -0.2) is 4.98 Å². The number of aromatic nitrogens is 2. The molecule has 0 spiro atoms. The highest BCUT2D eigenvalue weighted by Gasteiger charge is 2.26. The maximum atomic E-state index is 12.0. The summed E-state index contributed by atoms with van der Waals surface area (Å²) >= 11 is 14.0. The van der Waals surface area contributed by atoms with Crippen LogP contribution in [0, 0.1) is 6.92 Å². The van der Waals surface area contributed by atoms with Gasteiger partial charge in [0, 0.05) is 16.5 Å². The topological polar surface area (TPSA) is 59.2 Å². The highest BCUT2D eigenvalue weighted by atomic mass is 35.5. The lowest BCUT2D eigenvalue weighted by molar-refractivity contribution is -0.106. The Morgan fingerprint density at radius 3 is 2.46 bits per heavy atom. The normalized spacial score (nSPS) is 10.8. The smallest absolute Gasteiger partial charge is 0.220 e. The van der Waals surface area contributed by atoms with E-state index in [-0.39, 0.29) is 0 Å². The zero-order chi connectivity index (χ0) is 19.7. The van der Waals surface area contributed by atoms with Crippen LogP contribution in [-0.4, -0.2) is 16.6 Å². The van der Waals surface area contributed by atoms with Gasteiger partial charge in [-0.15, -0.1) is 11.3 Å². The molecule has 140 valence electrons. The molecule has 5 nitrogen and oxygen atoms in total. The van der Waals surface area contributed by atoms with Gasteiger partial charge in [0.15, 0.2) is 10.9 Å². The van der Waals surface area contributed by atoms with Crippen molar-refractivity contribution in [2.45, 2.75) is 6.92 Å². The quantitative estimate of drug-likeness (QED) is 0.345. The van der Waals surface area contributed by atoms with E-state index in [9.17, 15) is 4.79 Å². The van der Waals surface area contributed by atoms with E-state index in [1.807, 2.05) is 35.7 Å². The summed E-state index contributed by atoms with van der Waals surface area (Å²) in [6, 6.07) is 14.9. The fraction of sp³-hybridized carbons (Fsp3) is 0.0500. The number of rotatable bonds is 5. The number of hydrogen-bond acceptors (Lipinski definition) is 5. The van der Waals surface area contributed by atoms with E-state index in [1.165, 1.54) is 16.2 Å². The number of hydrogen-bond donors (Lipinski definition) is 0. The van der Waals surface area contributed by atoms with E-state index in [1.54, 1.807) is 25.1 Å². The molecule has 0 bridgehead atoms. The van der Waals surface area contributed by atoms with Crippen LogP contribution in [0.5, 0.6) is 0 Å². The molecule has 2 aromatic heterocycles. The van der Waals surface area contributed by atoms with Gasteiger partial charge in [-0.3, -0.25) is 9.69 Å². The van der Waals surface area contributed by atoms with Crippen molar-refractivity contribution >= 4 is 51.8 Å². The molecule has 2 aromatic carbocycles. The lowest BCUT2D eigenvalue weighted by Crippen LogP contribution is -2.15. The van der Waals surface area contributed by atoms with Crippen molar-refractivity contribution < 1.29 is 9.32 Å². The number of carbonyl (C=O) groups excluding carboxylic acids is 1. The van der Waals surface area contributed by atoms with Crippen LogP contribution in [0.1, 0.15) is 5.76 Å². The van der Waals surface area contributed by atoms with Crippen molar-refractivity contribution in [1.29, 1.82) is 0 Å². The molecule has 0 aliphatic heterocycles. The molecule has 0 saturated carbocycles. The number of carbonyl (C=O) groups is 1. The second-order valence-corrected chi connectivity index (χ2v) is 7.54. The minimum absolute atomic E-state index is 0.386. The Balaban J connectivity index is 1.82. The molecular weight excluding hydrogens is 417 g/mol. The first-order valence-corrected chi connectivity index (χ1v) is 9.90. The molecule has 0 fully saturated rings. The van der Waals surface area contributed by atoms with Crippen molar-refractivity contribution in [3.63, 3.8) is 0 Å². The summed E-state index contributed by atoms with van der Waals surface area (Å²) in [6.45, 7) is 1.72. The Kier molecular flexibility index (Phi) is 5.17. The fourth-order valence-corrected chi connectivity index (χ4v) is 4.23. The monoisotopic (exact) mass is 429 g/mol. The Morgan fingerprint density at radius 1 is 1.07 bits per heavy atom. The first-order valence-electron chi connectivity index (χ1n) is 8.26. The van der Waals surface area contributed by atoms with Crippen molar-refractivity contribution in [2.75, 3.05) is 4.90 Å². The first-order chi connectivity index (χ1) is 13.6. The molecule has 1 amide bonds. The van der Waals surface area contributed by atoms with Crippen LogP contribution in [0.2, 0.25) is 10.0 Å². The van der Waals surface area contributed by atoms with Gasteiger partial charge in [0.2, 0.25) is 6.41 Å². The number of thiazole rings is 1. The average molecular weight is 430 g/mol. The lowest BCUT2D eigenvalue weighted by Gasteiger charge is -2.15. The van der Waals surface area contributed by atoms with Gasteiger partial charge in [-0.05, 0) is 19.1 Å². The molecule has 8 heteroatoms. The molecule has 28 heavy (non-hydrogen) atoms. The zero-order valence-electron chi connectivity index (χ0n) is 14.6. The van der Waals surface area contributed by atoms with E-state index in [4.69, 9.17) is 27.7 Å². The highest BCUT2D eigenvalue weighted by molar-refractivity contribution is 7.14. The Bertz CT molecular complexity index is 1120. The second kappa shape index (κ2) is 7.75. The van der Waals surface area contributed by atoms with E-state index in [0.717, 1.165) is 11.3 Å². The standard InChI is InChI=1S/C20H13Cl2N3O2S/c1-12-19(18(24-27-12)17-14(21)8-5-9-15(17)22)25(11-26)20-23-16(10-28-20)13-6-3-2-4-7-13/h2-11H,1H3. The molecule has 4 rings (SSSR count). The molecule has 0 unspecified atom stereocenters. The third-order valence-electron chi connectivity index (χ3n) is 4.15. The molecule has 0 N–H and O–H groups in total. The molecule has 4 aromatic rings. The fourth-order valence-electron chi connectivity index (χ4n) is 2.85. The van der Waals surface area contributed by atoms with Crippen LogP contribution in [0.25, 0.3) is 22.5 Å². The van der Waals surface area contributed by atoms with Crippen molar-refractivity contribution in [1.82, 2.24) is 10.1 Å². The third-order valence-corrected chi connectivity index (χ3v) is 5.62. The summed E-state index contributed by atoms with van der Waals surface area (Å²) in [6.07, 6.45) is 0.682. The van der Waals surface area contributed by atoms with Crippen LogP contribution in [0.4, 0.5) is 10.8 Å². The van der Waals surface area contributed by atoms with E-state index in [2.05, 4.69) is 10.1 Å². The van der Waals surface area contributed by atoms with Crippen LogP contribution in [0.3, 0.4) is 0 Å². The van der Waals surface area contributed by atoms with E-state index < -0.39 is 0 Å². The van der Waals surface area contributed by atoms with Gasteiger partial charge in [-0.2, -0.15) is 0 Å². The molecule has 0 aliphatic carbocycles. The third kappa shape index (κ3) is 3.30. The van der Waals surface area contributed by atoms with Gasteiger partial charge in [0.1, 0.15) is 11.4 Å². The number of anilines is 2. The lowest BCUT2D eigenvalue weighted by atomic mass is 10.1. The Hall–Kier alpha value is -2.67. The molecule has 2 heterocycles. The van der Waals surface area contributed by atoms with Crippen molar-refractivity contribution in [2.24, 2.45) is 0 Å². The van der Waals surface area contributed by atoms with Crippen molar-refractivity contribution in [3.8, 4) is 22.5 Å². The summed E-state index contributed by atoms with van der Waals surface area (Å²) in [5, 5.41) is 7.31. The average Bonchev–Trinajstić information content (AvgIpc) is 3.32. The maximum absolute atomic E-state index is 12.0. The molecule has 0 aliphatic rings. The van der Waals surface area contributed by atoms with Gasteiger partial charge < -0.3 is 4.52 Å². The van der Waals surface area contributed by atoms with Gasteiger partial charge in [0.05, 0.1) is 15.7 Å². The highest BCUT2D eigenvalue weighted by Crippen LogP contribution is 2.43. The molecular formula is C20H13Cl2N3O2S. The predicted octanol–water partition coefficient (Wildman–Crippen LogP) is 6.37. The van der Waals surface area contributed by atoms with Crippen LogP contribution < -0.4 is 4.90 Å². The summed E-state index contributed by atoms with van der Waals surface area (Å²) in [4.78, 5) is 18.0. The van der Waals surface area contributed by atoms with E-state index in [0.29, 0.717) is 44.3 Å². The minimum atomic E-state index is 0.386. The summed E-state index contributed by atoms with van der Waals surface area (Å²) in [5.74, 6) is 0.453. The van der Waals surface area contributed by atoms with E-state index >= 15 is 0 Å². The predicted molar refractivity (Wildman–Crippen MR) is 112 cm³/mol. The van der Waals surface area contributed by atoms with Crippen LogP contribution >= 0.6 is 34.5 Å². The van der Waals surface area contributed by atoms with Gasteiger partial charge >= 0.3 is 0 Å². The number of amides is 1. The number of benzene rings is 2. The SMILES string of the molecule is Cc1onc(-c2c(Cl)cccc2Cl)c1N(C=O)c1nc(-c2ccccc2)cs1. The zero-order valence-corrected chi connectivity index (χ0v) is 16.9. The Morgan fingerprint density at radius 2 is 1.79 bits per heavy atom. The van der Waals surface area contributed by atoms with Gasteiger partial charge in [0.25, 0.3) is 0 Å². The molecule has 0 radical (unpaired) electrons. The number of nitrogens with zero attached hydrogens (tertiary/aromatic N) is 3. The molecule has 0 saturated heterocycles. The van der Waals surface area contributed by atoms with Crippen LogP contribution in [0.15, 0.2) is 58.4 Å². The summed E-state index contributed by atoms with van der Waals surface area (Å²) in [5.41, 5.74) is 3.09. The summed E-state index contributed by atoms with van der Waals surface area (Å²) in [7, 11) is 0. The van der Waals surface area contributed by atoms with Gasteiger partial charge in [-0.1, -0.05) is 64.8 Å². The largest absolute Gasteiger partial charge is 0.359 e. The van der Waals surface area contributed by atoms with Crippen molar-refractivity contribution in [3.05, 3.63) is 69.7 Å².